The summed E-state index contributed by atoms with van der Waals surface area (Å²) in [4.78, 5) is 13.2. The summed E-state index contributed by atoms with van der Waals surface area (Å²) in [6.45, 7) is -1.15. The average molecular weight is 552 g/mol. The molecule has 2 aliphatic rings. The number of piperidine rings is 1. The lowest BCUT2D eigenvalue weighted by Crippen LogP contribution is -2.50. The van der Waals surface area contributed by atoms with Crippen molar-refractivity contribution in [1.29, 1.82) is 0 Å². The number of rotatable bonds is 7. The maximum absolute atomic E-state index is 13.3. The molecular formula is C23H22F6N2O5S. The highest BCUT2D eigenvalue weighted by Crippen LogP contribution is 2.41. The largest absolute Gasteiger partial charge is 0.573 e. The monoisotopic (exact) mass is 552 g/mol. The topological polar surface area (TPSA) is 76.2 Å². The minimum absolute atomic E-state index is 0.00325. The van der Waals surface area contributed by atoms with Gasteiger partial charge in [0.1, 0.15) is 22.7 Å². The molecule has 0 N–H and O–H groups in total. The maximum Gasteiger partial charge on any atom is 0.573 e. The van der Waals surface area contributed by atoms with E-state index >= 15 is 0 Å². The lowest BCUT2D eigenvalue weighted by molar-refractivity contribution is -0.275. The van der Waals surface area contributed by atoms with Crippen molar-refractivity contribution < 1.29 is 49.0 Å². The Balaban J connectivity index is 1.52. The number of fused-ring (bicyclic) bond motifs is 1. The summed E-state index contributed by atoms with van der Waals surface area (Å²) in [7, 11) is -4.37. The van der Waals surface area contributed by atoms with Crippen molar-refractivity contribution in [3.05, 3.63) is 48.5 Å². The van der Waals surface area contributed by atoms with Gasteiger partial charge in [-0.1, -0.05) is 12.1 Å². The zero-order valence-corrected chi connectivity index (χ0v) is 19.9. The first-order chi connectivity index (χ1) is 17.3. The molecule has 2 heterocycles. The Morgan fingerprint density at radius 1 is 0.973 bits per heavy atom. The van der Waals surface area contributed by atoms with Crippen LogP contribution in [-0.2, 0) is 14.8 Å². The van der Waals surface area contributed by atoms with Crippen LogP contribution in [0.3, 0.4) is 0 Å². The minimum Gasteiger partial charge on any atom is -0.484 e. The maximum atomic E-state index is 13.3. The van der Waals surface area contributed by atoms with Gasteiger partial charge in [0, 0.05) is 31.2 Å². The van der Waals surface area contributed by atoms with Crippen LogP contribution in [0.2, 0.25) is 0 Å². The van der Waals surface area contributed by atoms with Crippen LogP contribution >= 0.6 is 0 Å². The average Bonchev–Trinajstić information content (AvgIpc) is 3.27. The molecule has 202 valence electrons. The molecule has 2 saturated heterocycles. The van der Waals surface area contributed by atoms with E-state index in [0.29, 0.717) is 24.9 Å². The van der Waals surface area contributed by atoms with E-state index in [2.05, 4.69) is 4.74 Å². The van der Waals surface area contributed by atoms with Gasteiger partial charge in [-0.2, -0.15) is 17.5 Å². The number of alkyl halides is 6. The van der Waals surface area contributed by atoms with Gasteiger partial charge in [-0.25, -0.2) is 8.42 Å². The Labute approximate surface area is 208 Å². The van der Waals surface area contributed by atoms with Gasteiger partial charge >= 0.3 is 12.5 Å². The molecule has 0 spiro atoms. The summed E-state index contributed by atoms with van der Waals surface area (Å²) in [6, 6.07) is 9.43. The third-order valence-corrected chi connectivity index (χ3v) is 8.27. The third-order valence-electron chi connectivity index (χ3n) is 6.40. The van der Waals surface area contributed by atoms with Crippen LogP contribution in [0, 0.1) is 11.8 Å². The van der Waals surface area contributed by atoms with Crippen LogP contribution < -0.4 is 14.4 Å². The fourth-order valence-corrected chi connectivity index (χ4v) is 6.46. The fourth-order valence-electron chi connectivity index (χ4n) is 4.82. The summed E-state index contributed by atoms with van der Waals surface area (Å²) in [5.74, 6) is -1.51. The van der Waals surface area contributed by atoms with Gasteiger partial charge in [0.25, 0.3) is 0 Å². The first-order valence-electron chi connectivity index (χ1n) is 11.1. The molecular weight excluding hydrogens is 530 g/mol. The third kappa shape index (κ3) is 6.12. The quantitative estimate of drug-likeness (QED) is 0.378. The smallest absolute Gasteiger partial charge is 0.484 e. The molecule has 37 heavy (non-hydrogen) atoms. The highest BCUT2D eigenvalue weighted by molar-refractivity contribution is 7.89. The SMILES string of the molecule is O=CC1C2CN(S(=O)(=O)c3ccccc3OC(F)(F)F)CC2CCN1c1ccc(OCC(F)(F)F)cc1. The van der Waals surface area contributed by atoms with Crippen LogP contribution in [0.4, 0.5) is 32.0 Å². The number of aldehydes is 1. The number of para-hydroxylation sites is 1. The van der Waals surface area contributed by atoms with E-state index in [1.165, 1.54) is 36.4 Å². The summed E-state index contributed by atoms with van der Waals surface area (Å²) in [5.41, 5.74) is 0.542. The van der Waals surface area contributed by atoms with Crippen LogP contribution in [0.25, 0.3) is 0 Å². The zero-order chi connectivity index (χ0) is 27.0. The fraction of sp³-hybridized carbons (Fsp3) is 0.435. The van der Waals surface area contributed by atoms with E-state index in [-0.39, 0.29) is 24.8 Å². The highest BCUT2D eigenvalue weighted by atomic mass is 32.2. The lowest BCUT2D eigenvalue weighted by atomic mass is 9.82. The number of ether oxygens (including phenoxy) is 2. The van der Waals surface area contributed by atoms with Crippen molar-refractivity contribution in [2.75, 3.05) is 31.1 Å². The number of hydrogen-bond donors (Lipinski definition) is 0. The number of halogens is 6. The number of carbonyl (C=O) groups excluding carboxylic acids is 1. The van der Waals surface area contributed by atoms with E-state index in [1.54, 1.807) is 4.90 Å². The molecule has 0 radical (unpaired) electrons. The molecule has 2 fully saturated rings. The van der Waals surface area contributed by atoms with Gasteiger partial charge < -0.3 is 19.2 Å². The Kier molecular flexibility index (Phi) is 7.34. The molecule has 4 rings (SSSR count). The summed E-state index contributed by atoms with van der Waals surface area (Å²) in [6.07, 6.45) is -8.39. The number of nitrogens with zero attached hydrogens (tertiary/aromatic N) is 2. The second kappa shape index (κ2) is 10.0. The minimum atomic E-state index is -5.08. The van der Waals surface area contributed by atoms with Gasteiger partial charge in [-0.3, -0.25) is 0 Å². The van der Waals surface area contributed by atoms with Gasteiger partial charge in [0.05, 0.1) is 6.04 Å². The summed E-state index contributed by atoms with van der Waals surface area (Å²) in [5, 5.41) is 0. The van der Waals surface area contributed by atoms with Crippen LogP contribution in [0.15, 0.2) is 53.4 Å². The Hall–Kier alpha value is -3.00. The Morgan fingerprint density at radius 3 is 2.27 bits per heavy atom. The number of benzene rings is 2. The van der Waals surface area contributed by atoms with Crippen molar-refractivity contribution >= 4 is 22.0 Å². The molecule has 0 amide bonds. The first kappa shape index (κ1) is 27.0. The molecule has 3 atom stereocenters. The van der Waals surface area contributed by atoms with Gasteiger partial charge in [-0.15, -0.1) is 13.2 Å². The van der Waals surface area contributed by atoms with Crippen molar-refractivity contribution in [1.82, 2.24) is 4.31 Å². The molecule has 14 heteroatoms. The van der Waals surface area contributed by atoms with Crippen molar-refractivity contribution in [2.45, 2.75) is 29.9 Å². The number of anilines is 1. The molecule has 0 aliphatic carbocycles. The Morgan fingerprint density at radius 2 is 1.65 bits per heavy atom. The Bertz CT molecular complexity index is 1220. The van der Waals surface area contributed by atoms with Gasteiger partial charge in [0.2, 0.25) is 10.0 Å². The van der Waals surface area contributed by atoms with E-state index in [4.69, 9.17) is 4.74 Å². The lowest BCUT2D eigenvalue weighted by Gasteiger charge is -2.41. The van der Waals surface area contributed by atoms with Crippen molar-refractivity contribution in [3.8, 4) is 11.5 Å². The van der Waals surface area contributed by atoms with Crippen LogP contribution in [0.1, 0.15) is 6.42 Å². The van der Waals surface area contributed by atoms with Crippen LogP contribution in [-0.4, -0.2) is 63.8 Å². The number of sulfonamides is 1. The standard InChI is InChI=1S/C23H22F6N2O5S/c24-22(25,26)14-35-17-7-5-16(6-8-17)31-10-9-15-11-30(12-18(15)19(31)13-32)37(33,34)21-4-2-1-3-20(21)36-23(27,28)29/h1-8,13,15,18-19H,9-12,14H2. The molecule has 2 aromatic rings. The predicted octanol–water partition coefficient (Wildman–Crippen LogP) is 4.24. The first-order valence-corrected chi connectivity index (χ1v) is 12.6. The normalized spacial score (nSPS) is 23.0. The number of carbonyl (C=O) groups is 1. The second-order valence-corrected chi connectivity index (χ2v) is 10.7. The molecule has 3 unspecified atom stereocenters. The summed E-state index contributed by atoms with van der Waals surface area (Å²) < 4.78 is 112. The molecule has 0 bridgehead atoms. The van der Waals surface area contributed by atoms with Gasteiger partial charge in [-0.05, 0) is 48.7 Å². The second-order valence-electron chi connectivity index (χ2n) is 8.75. The van der Waals surface area contributed by atoms with Crippen molar-refractivity contribution in [3.63, 3.8) is 0 Å². The number of hydrogen-bond acceptors (Lipinski definition) is 6. The highest BCUT2D eigenvalue weighted by Gasteiger charge is 2.48. The van der Waals surface area contributed by atoms with E-state index in [0.717, 1.165) is 16.4 Å². The van der Waals surface area contributed by atoms with E-state index in [9.17, 15) is 39.6 Å². The van der Waals surface area contributed by atoms with Crippen molar-refractivity contribution in [2.24, 2.45) is 11.8 Å². The molecule has 0 aromatic heterocycles. The summed E-state index contributed by atoms with van der Waals surface area (Å²) >= 11 is 0. The van der Waals surface area contributed by atoms with E-state index < -0.39 is 51.8 Å². The van der Waals surface area contributed by atoms with Gasteiger partial charge in [0.15, 0.2) is 6.61 Å². The molecule has 7 nitrogen and oxygen atoms in total. The van der Waals surface area contributed by atoms with E-state index in [1.807, 2.05) is 0 Å². The van der Waals surface area contributed by atoms with Crippen LogP contribution in [0.5, 0.6) is 11.5 Å². The molecule has 0 saturated carbocycles. The zero-order valence-electron chi connectivity index (χ0n) is 19.1. The molecule has 2 aliphatic heterocycles. The molecule has 2 aromatic carbocycles. The predicted molar refractivity (Wildman–Crippen MR) is 119 cm³/mol.